The van der Waals surface area contributed by atoms with Gasteiger partial charge in [0.2, 0.25) is 0 Å². The molecule has 0 aromatic carbocycles. The Morgan fingerprint density at radius 1 is 1.53 bits per heavy atom. The number of carbonyl (C=O) groups excluding carboxylic acids is 1. The lowest BCUT2D eigenvalue weighted by atomic mass is 10.2. The Labute approximate surface area is 95.8 Å². The molecule has 0 saturated heterocycles. The summed E-state index contributed by atoms with van der Waals surface area (Å²) in [4.78, 5) is 15.7. The highest BCUT2D eigenvalue weighted by molar-refractivity contribution is 5.98. The number of carbonyl (C=O) groups is 1. The fourth-order valence-corrected chi connectivity index (χ4v) is 1.22. The minimum Gasteiger partial charge on any atom is -0.344 e. The van der Waals surface area contributed by atoms with Gasteiger partial charge in [0.25, 0.3) is 5.91 Å². The molecule has 2 aromatic rings. The average molecular weight is 234 g/mol. The second-order valence-electron chi connectivity index (χ2n) is 3.05. The predicted molar refractivity (Wildman–Crippen MR) is 57.4 cm³/mol. The Balaban J connectivity index is 2.04. The van der Waals surface area contributed by atoms with E-state index in [1.807, 2.05) is 0 Å². The van der Waals surface area contributed by atoms with Crippen molar-refractivity contribution in [2.45, 2.75) is 6.54 Å². The first-order valence-electron chi connectivity index (χ1n) is 4.73. The average Bonchev–Trinajstić information content (AvgIpc) is 2.89. The Morgan fingerprint density at radius 3 is 3.12 bits per heavy atom. The second kappa shape index (κ2) is 4.99. The van der Waals surface area contributed by atoms with E-state index in [9.17, 15) is 4.79 Å². The number of amides is 1. The molecular formula is C8H10N8O. The number of nitrogens with zero attached hydrogens (tertiary/aromatic N) is 4. The van der Waals surface area contributed by atoms with E-state index in [0.717, 1.165) is 0 Å². The van der Waals surface area contributed by atoms with Gasteiger partial charge in [-0.15, -0.1) is 10.2 Å². The lowest BCUT2D eigenvalue weighted by Crippen LogP contribution is -2.25. The van der Waals surface area contributed by atoms with Crippen molar-refractivity contribution in [3.05, 3.63) is 29.7 Å². The number of rotatable bonds is 4. The molecule has 9 nitrogen and oxygen atoms in total. The van der Waals surface area contributed by atoms with Crippen molar-refractivity contribution >= 4 is 11.7 Å². The van der Waals surface area contributed by atoms with E-state index in [2.05, 4.69) is 36.4 Å². The number of pyridine rings is 1. The Kier molecular flexibility index (Phi) is 3.21. The maximum absolute atomic E-state index is 11.8. The van der Waals surface area contributed by atoms with E-state index < -0.39 is 0 Å². The summed E-state index contributed by atoms with van der Waals surface area (Å²) in [6.45, 7) is 0.175. The molecule has 2 heterocycles. The van der Waals surface area contributed by atoms with Crippen molar-refractivity contribution in [3.63, 3.8) is 0 Å². The number of nitrogen functional groups attached to an aromatic ring is 1. The molecule has 0 aliphatic heterocycles. The molecule has 0 aliphatic rings. The van der Waals surface area contributed by atoms with Crippen LogP contribution in [0, 0.1) is 0 Å². The summed E-state index contributed by atoms with van der Waals surface area (Å²) in [5.41, 5.74) is 2.69. The molecule has 5 N–H and O–H groups in total. The molecule has 2 aromatic heterocycles. The molecule has 0 spiro atoms. The summed E-state index contributed by atoms with van der Waals surface area (Å²) in [7, 11) is 0. The van der Waals surface area contributed by atoms with Crippen LogP contribution in [0.25, 0.3) is 0 Å². The van der Waals surface area contributed by atoms with Gasteiger partial charge >= 0.3 is 0 Å². The third-order valence-electron chi connectivity index (χ3n) is 1.99. The summed E-state index contributed by atoms with van der Waals surface area (Å²) >= 11 is 0. The van der Waals surface area contributed by atoms with Crippen molar-refractivity contribution in [3.8, 4) is 0 Å². The van der Waals surface area contributed by atoms with E-state index in [1.165, 1.54) is 6.20 Å². The fourth-order valence-electron chi connectivity index (χ4n) is 1.22. The summed E-state index contributed by atoms with van der Waals surface area (Å²) in [5.74, 6) is 5.62. The molecule has 17 heavy (non-hydrogen) atoms. The highest BCUT2D eigenvalue weighted by Gasteiger charge is 2.11. The van der Waals surface area contributed by atoms with E-state index in [0.29, 0.717) is 17.2 Å². The molecule has 0 radical (unpaired) electrons. The number of hydrazine groups is 1. The fraction of sp³-hybridized carbons (Fsp3) is 0.125. The molecule has 9 heteroatoms. The first kappa shape index (κ1) is 11.0. The zero-order valence-corrected chi connectivity index (χ0v) is 8.71. The van der Waals surface area contributed by atoms with Crippen molar-refractivity contribution in [2.75, 3.05) is 5.43 Å². The zero-order chi connectivity index (χ0) is 12.1. The number of H-pyrrole nitrogens is 1. The van der Waals surface area contributed by atoms with Gasteiger partial charge in [-0.25, -0.2) is 10.8 Å². The lowest BCUT2D eigenvalue weighted by molar-refractivity contribution is 0.0950. The van der Waals surface area contributed by atoms with Gasteiger partial charge in [-0.2, -0.15) is 5.21 Å². The number of aromatic amines is 1. The number of aromatic nitrogens is 5. The van der Waals surface area contributed by atoms with Gasteiger partial charge in [0.05, 0.1) is 12.1 Å². The number of anilines is 1. The SMILES string of the molecule is NNc1ncccc1C(=O)NCc1nn[nH]n1. The van der Waals surface area contributed by atoms with Crippen molar-refractivity contribution < 1.29 is 4.79 Å². The van der Waals surface area contributed by atoms with Crippen LogP contribution in [-0.2, 0) is 6.54 Å². The van der Waals surface area contributed by atoms with Crippen LogP contribution in [0.1, 0.15) is 16.2 Å². The van der Waals surface area contributed by atoms with Crippen molar-refractivity contribution in [2.24, 2.45) is 5.84 Å². The van der Waals surface area contributed by atoms with Crippen LogP contribution in [0.3, 0.4) is 0 Å². The maximum atomic E-state index is 11.8. The van der Waals surface area contributed by atoms with Gasteiger partial charge in [0.1, 0.15) is 0 Å². The second-order valence-corrected chi connectivity index (χ2v) is 3.05. The summed E-state index contributed by atoms with van der Waals surface area (Å²) in [6.07, 6.45) is 1.53. The number of hydrogen-bond donors (Lipinski definition) is 4. The Morgan fingerprint density at radius 2 is 2.41 bits per heavy atom. The summed E-state index contributed by atoms with van der Waals surface area (Å²) < 4.78 is 0. The van der Waals surface area contributed by atoms with E-state index in [-0.39, 0.29) is 12.5 Å². The van der Waals surface area contributed by atoms with Gasteiger partial charge in [0, 0.05) is 6.20 Å². The zero-order valence-electron chi connectivity index (χ0n) is 8.71. The number of nitrogens with one attached hydrogen (secondary N) is 3. The molecule has 0 atom stereocenters. The number of nitrogens with two attached hydrogens (primary N) is 1. The predicted octanol–water partition coefficient (Wildman–Crippen LogP) is -1.19. The monoisotopic (exact) mass is 234 g/mol. The van der Waals surface area contributed by atoms with Crippen LogP contribution in [0.4, 0.5) is 5.82 Å². The third kappa shape index (κ3) is 2.52. The van der Waals surface area contributed by atoms with Crippen molar-refractivity contribution in [1.82, 2.24) is 30.9 Å². The molecule has 0 bridgehead atoms. The highest BCUT2D eigenvalue weighted by atomic mass is 16.1. The smallest absolute Gasteiger partial charge is 0.255 e. The van der Waals surface area contributed by atoms with Gasteiger partial charge < -0.3 is 10.7 Å². The Hall–Kier alpha value is -2.55. The van der Waals surface area contributed by atoms with Crippen LogP contribution >= 0.6 is 0 Å². The van der Waals surface area contributed by atoms with Crippen LogP contribution in [-0.4, -0.2) is 31.5 Å². The number of hydrogen-bond acceptors (Lipinski definition) is 7. The third-order valence-corrected chi connectivity index (χ3v) is 1.99. The Bertz CT molecular complexity index is 496. The van der Waals surface area contributed by atoms with Gasteiger partial charge in [0.15, 0.2) is 11.6 Å². The van der Waals surface area contributed by atoms with Crippen LogP contribution < -0.4 is 16.6 Å². The molecule has 2 rings (SSSR count). The first-order valence-corrected chi connectivity index (χ1v) is 4.73. The standard InChI is InChI=1S/C8H10N8O/c9-12-7-5(2-1-3-10-7)8(17)11-4-6-13-15-16-14-6/h1-3H,4,9H2,(H,10,12)(H,11,17)(H,13,14,15,16). The largest absolute Gasteiger partial charge is 0.344 e. The minimum absolute atomic E-state index is 0.175. The molecule has 0 fully saturated rings. The van der Waals surface area contributed by atoms with E-state index in [4.69, 9.17) is 5.84 Å². The van der Waals surface area contributed by atoms with Gasteiger partial charge in [-0.1, -0.05) is 5.21 Å². The minimum atomic E-state index is -0.323. The van der Waals surface area contributed by atoms with E-state index >= 15 is 0 Å². The molecule has 0 saturated carbocycles. The van der Waals surface area contributed by atoms with Crippen LogP contribution in [0.2, 0.25) is 0 Å². The molecule has 0 aliphatic carbocycles. The molecule has 0 unspecified atom stereocenters. The van der Waals surface area contributed by atoms with Crippen LogP contribution in [0.5, 0.6) is 0 Å². The van der Waals surface area contributed by atoms with Crippen molar-refractivity contribution in [1.29, 1.82) is 0 Å². The maximum Gasteiger partial charge on any atom is 0.255 e. The molecule has 88 valence electrons. The summed E-state index contributed by atoms with van der Waals surface area (Å²) in [6, 6.07) is 3.25. The topological polar surface area (TPSA) is 134 Å². The van der Waals surface area contributed by atoms with Crippen LogP contribution in [0.15, 0.2) is 18.3 Å². The number of tetrazole rings is 1. The quantitative estimate of drug-likeness (QED) is 0.386. The first-order chi connectivity index (χ1) is 8.31. The summed E-state index contributed by atoms with van der Waals surface area (Å²) in [5, 5.41) is 15.7. The lowest BCUT2D eigenvalue weighted by Gasteiger charge is -2.06. The van der Waals surface area contributed by atoms with Gasteiger partial charge in [-0.3, -0.25) is 4.79 Å². The molecule has 1 amide bonds. The van der Waals surface area contributed by atoms with Gasteiger partial charge in [-0.05, 0) is 12.1 Å². The molecular weight excluding hydrogens is 224 g/mol. The highest BCUT2D eigenvalue weighted by Crippen LogP contribution is 2.09. The normalized spacial score (nSPS) is 9.94. The van der Waals surface area contributed by atoms with E-state index in [1.54, 1.807) is 12.1 Å².